The summed E-state index contributed by atoms with van der Waals surface area (Å²) in [6.07, 6.45) is 5.67. The predicted molar refractivity (Wildman–Crippen MR) is 138 cm³/mol. The number of piperidine rings is 1. The Balaban J connectivity index is 1.36. The molecular formula is C26H28BrN5O2. The van der Waals surface area contributed by atoms with Crippen LogP contribution in [0, 0.1) is 5.92 Å². The topological polar surface area (TPSA) is 85.8 Å². The summed E-state index contributed by atoms with van der Waals surface area (Å²) < 4.78 is 7.49. The van der Waals surface area contributed by atoms with Gasteiger partial charge < -0.3 is 15.4 Å². The molecule has 0 saturated carbocycles. The van der Waals surface area contributed by atoms with E-state index >= 15 is 0 Å². The number of nitrogen functional groups attached to an aromatic ring is 1. The minimum absolute atomic E-state index is 0.0746. The Kier molecular flexibility index (Phi) is 6.52. The van der Waals surface area contributed by atoms with E-state index < -0.39 is 0 Å². The summed E-state index contributed by atoms with van der Waals surface area (Å²) in [5.74, 6) is 1.19. The minimum atomic E-state index is 0.0746. The third kappa shape index (κ3) is 4.40. The van der Waals surface area contributed by atoms with Gasteiger partial charge in [0.1, 0.15) is 12.4 Å². The van der Waals surface area contributed by atoms with Crippen molar-refractivity contribution >= 4 is 44.1 Å². The van der Waals surface area contributed by atoms with E-state index in [1.165, 1.54) is 10.8 Å². The molecule has 176 valence electrons. The van der Waals surface area contributed by atoms with Crippen molar-refractivity contribution in [3.63, 3.8) is 0 Å². The Morgan fingerprint density at radius 1 is 1.18 bits per heavy atom. The molecule has 2 N–H and O–H groups in total. The molecule has 0 aliphatic carbocycles. The van der Waals surface area contributed by atoms with Gasteiger partial charge >= 0.3 is 0 Å². The number of fused-ring (bicyclic) bond motifs is 2. The van der Waals surface area contributed by atoms with E-state index in [9.17, 15) is 4.79 Å². The maximum absolute atomic E-state index is 12.0. The van der Waals surface area contributed by atoms with Crippen LogP contribution in [0.25, 0.3) is 27.5 Å². The van der Waals surface area contributed by atoms with Gasteiger partial charge in [0, 0.05) is 25.8 Å². The molecule has 1 fully saturated rings. The van der Waals surface area contributed by atoms with Gasteiger partial charge in [0.2, 0.25) is 5.91 Å². The van der Waals surface area contributed by atoms with Crippen LogP contribution in [0.2, 0.25) is 0 Å². The lowest BCUT2D eigenvalue weighted by molar-refractivity contribution is -0.136. The highest BCUT2D eigenvalue weighted by Crippen LogP contribution is 2.32. The van der Waals surface area contributed by atoms with Crippen molar-refractivity contribution < 1.29 is 9.53 Å². The zero-order valence-corrected chi connectivity index (χ0v) is 20.8. The van der Waals surface area contributed by atoms with Crippen LogP contribution in [-0.4, -0.2) is 52.2 Å². The second kappa shape index (κ2) is 9.72. The number of ether oxygens (including phenoxy) is 1. The number of hydrogen-bond acceptors (Lipinski definition) is 5. The molecule has 2 aromatic carbocycles. The first-order valence-electron chi connectivity index (χ1n) is 11.6. The Morgan fingerprint density at radius 3 is 2.71 bits per heavy atom. The molecular weight excluding hydrogens is 494 g/mol. The van der Waals surface area contributed by atoms with Crippen molar-refractivity contribution in [2.45, 2.75) is 25.7 Å². The number of amides is 1. The fourth-order valence-corrected chi connectivity index (χ4v) is 5.25. The van der Waals surface area contributed by atoms with Crippen LogP contribution in [0.3, 0.4) is 0 Å². The lowest BCUT2D eigenvalue weighted by Gasteiger charge is -2.32. The fourth-order valence-electron chi connectivity index (χ4n) is 4.80. The van der Waals surface area contributed by atoms with Crippen LogP contribution in [0.15, 0.2) is 53.1 Å². The van der Waals surface area contributed by atoms with Crippen LogP contribution < -0.4 is 5.73 Å². The maximum Gasteiger partial charge on any atom is 0.248 e. The second-order valence-electron chi connectivity index (χ2n) is 8.91. The highest BCUT2D eigenvalue weighted by atomic mass is 79.9. The molecule has 1 saturated heterocycles. The summed E-state index contributed by atoms with van der Waals surface area (Å²) in [5, 5.41) is 6.90. The molecule has 8 heteroatoms. The molecule has 3 heterocycles. The SMILES string of the molecule is COCC(=O)N1CCC(CCc2nc3c(-c4ccc5ccccc5c4)cnn3c(N)c2Br)CC1. The smallest absolute Gasteiger partial charge is 0.248 e. The van der Waals surface area contributed by atoms with E-state index in [1.807, 2.05) is 23.2 Å². The number of rotatable bonds is 6. The Hall–Kier alpha value is -2.97. The molecule has 2 aromatic heterocycles. The minimum Gasteiger partial charge on any atom is -0.383 e. The number of hydrogen-bond donors (Lipinski definition) is 1. The quantitative estimate of drug-likeness (QED) is 0.397. The summed E-state index contributed by atoms with van der Waals surface area (Å²) >= 11 is 3.66. The number of anilines is 1. The van der Waals surface area contributed by atoms with Crippen LogP contribution >= 0.6 is 15.9 Å². The monoisotopic (exact) mass is 521 g/mol. The first-order chi connectivity index (χ1) is 16.5. The Labute approximate surface area is 207 Å². The van der Waals surface area contributed by atoms with E-state index in [-0.39, 0.29) is 12.5 Å². The molecule has 1 amide bonds. The van der Waals surface area contributed by atoms with Gasteiger partial charge in [-0.15, -0.1) is 0 Å². The number of methoxy groups -OCH3 is 1. The van der Waals surface area contributed by atoms with Gasteiger partial charge in [0.25, 0.3) is 0 Å². The third-order valence-corrected chi connectivity index (χ3v) is 7.64. The maximum atomic E-state index is 12.0. The van der Waals surface area contributed by atoms with E-state index in [1.54, 1.807) is 11.6 Å². The molecule has 0 atom stereocenters. The zero-order valence-electron chi connectivity index (χ0n) is 19.2. The summed E-state index contributed by atoms with van der Waals surface area (Å²) in [5.41, 5.74) is 10.2. The van der Waals surface area contributed by atoms with Crippen molar-refractivity contribution in [1.82, 2.24) is 19.5 Å². The highest BCUT2D eigenvalue weighted by molar-refractivity contribution is 9.10. The van der Waals surface area contributed by atoms with Gasteiger partial charge in [0.05, 0.1) is 16.4 Å². The van der Waals surface area contributed by atoms with Crippen molar-refractivity contribution in [2.24, 2.45) is 5.92 Å². The zero-order chi connectivity index (χ0) is 23.7. The molecule has 0 unspecified atom stereocenters. The van der Waals surface area contributed by atoms with Gasteiger partial charge in [-0.25, -0.2) is 4.98 Å². The highest BCUT2D eigenvalue weighted by Gasteiger charge is 2.23. The summed E-state index contributed by atoms with van der Waals surface area (Å²) in [6, 6.07) is 14.7. The molecule has 0 bridgehead atoms. The van der Waals surface area contributed by atoms with Crippen LogP contribution in [0.4, 0.5) is 5.82 Å². The van der Waals surface area contributed by atoms with Crippen LogP contribution in [-0.2, 0) is 16.0 Å². The van der Waals surface area contributed by atoms with Gasteiger partial charge in [-0.1, -0.05) is 36.4 Å². The van der Waals surface area contributed by atoms with Crippen molar-refractivity contribution in [2.75, 3.05) is 32.5 Å². The standard InChI is InChI=1S/C26H28BrN5O2/c1-34-16-23(33)31-12-10-17(11-13-31)6-9-22-24(27)25(28)32-26(30-22)21(15-29-32)20-8-7-18-4-2-3-5-19(18)14-20/h2-5,7-8,14-15,17H,6,9-13,16,28H2,1H3. The average molecular weight is 522 g/mol. The van der Waals surface area contributed by atoms with E-state index in [0.717, 1.165) is 65.7 Å². The van der Waals surface area contributed by atoms with Crippen LogP contribution in [0.1, 0.15) is 25.0 Å². The fraction of sp³-hybridized carbons (Fsp3) is 0.346. The van der Waals surface area contributed by atoms with Crippen molar-refractivity contribution in [3.8, 4) is 11.1 Å². The first-order valence-corrected chi connectivity index (χ1v) is 12.4. The second-order valence-corrected chi connectivity index (χ2v) is 9.70. The predicted octanol–water partition coefficient (Wildman–Crippen LogP) is 4.71. The Bertz CT molecular complexity index is 1340. The molecule has 0 spiro atoms. The number of nitrogens with two attached hydrogens (primary N) is 1. The number of aromatic nitrogens is 3. The summed E-state index contributed by atoms with van der Waals surface area (Å²) in [4.78, 5) is 18.9. The number of aryl methyl sites for hydroxylation is 1. The van der Waals surface area contributed by atoms with E-state index in [0.29, 0.717) is 11.7 Å². The molecule has 5 rings (SSSR count). The number of carbonyl (C=O) groups is 1. The van der Waals surface area contributed by atoms with E-state index in [2.05, 4.69) is 51.4 Å². The van der Waals surface area contributed by atoms with Gasteiger partial charge in [-0.05, 0) is 69.9 Å². The van der Waals surface area contributed by atoms with Crippen molar-refractivity contribution in [1.29, 1.82) is 0 Å². The number of halogens is 1. The average Bonchev–Trinajstić information content (AvgIpc) is 3.29. The third-order valence-electron chi connectivity index (χ3n) is 6.78. The van der Waals surface area contributed by atoms with Gasteiger partial charge in [-0.3, -0.25) is 4.79 Å². The molecule has 34 heavy (non-hydrogen) atoms. The molecule has 7 nitrogen and oxygen atoms in total. The lowest BCUT2D eigenvalue weighted by atomic mass is 9.91. The lowest BCUT2D eigenvalue weighted by Crippen LogP contribution is -2.40. The number of nitrogens with zero attached hydrogens (tertiary/aromatic N) is 4. The number of carbonyl (C=O) groups excluding carboxylic acids is 1. The molecule has 1 aliphatic heterocycles. The van der Waals surface area contributed by atoms with E-state index in [4.69, 9.17) is 15.5 Å². The summed E-state index contributed by atoms with van der Waals surface area (Å²) in [6.45, 7) is 1.74. The van der Waals surface area contributed by atoms with Gasteiger partial charge in [-0.2, -0.15) is 9.61 Å². The summed E-state index contributed by atoms with van der Waals surface area (Å²) in [7, 11) is 1.56. The Morgan fingerprint density at radius 2 is 1.94 bits per heavy atom. The van der Waals surface area contributed by atoms with Gasteiger partial charge in [0.15, 0.2) is 5.65 Å². The molecule has 4 aromatic rings. The molecule has 1 aliphatic rings. The number of benzene rings is 2. The number of likely N-dealkylation sites (tertiary alicyclic amines) is 1. The first kappa shape index (κ1) is 22.8. The van der Waals surface area contributed by atoms with Crippen LogP contribution in [0.5, 0.6) is 0 Å². The largest absolute Gasteiger partial charge is 0.383 e. The molecule has 0 radical (unpaired) electrons. The normalized spacial score (nSPS) is 14.8. The van der Waals surface area contributed by atoms with Crippen molar-refractivity contribution in [3.05, 3.63) is 58.8 Å².